The van der Waals surface area contributed by atoms with Crippen molar-refractivity contribution in [3.05, 3.63) is 58.1 Å². The maximum Gasteiger partial charge on any atom is 0.273 e. The largest absolute Gasteiger partial charge is 0.379 e. The molecule has 1 amide bonds. The van der Waals surface area contributed by atoms with Crippen LogP contribution in [0.3, 0.4) is 0 Å². The van der Waals surface area contributed by atoms with E-state index >= 15 is 0 Å². The summed E-state index contributed by atoms with van der Waals surface area (Å²) in [6, 6.07) is 8.12. The SMILES string of the molecule is O=C(Nc1cccc(CN2CCOCC2)n1)c1cc(=O)cc[nH]1. The molecule has 23 heavy (non-hydrogen) atoms. The van der Waals surface area contributed by atoms with Crippen molar-refractivity contribution < 1.29 is 9.53 Å². The van der Waals surface area contributed by atoms with Gasteiger partial charge in [0.2, 0.25) is 0 Å². The van der Waals surface area contributed by atoms with Gasteiger partial charge in [-0.3, -0.25) is 14.5 Å². The summed E-state index contributed by atoms with van der Waals surface area (Å²) in [5.74, 6) is 0.0733. The fourth-order valence-electron chi connectivity index (χ4n) is 2.39. The molecule has 0 saturated carbocycles. The van der Waals surface area contributed by atoms with Crippen molar-refractivity contribution in [1.82, 2.24) is 14.9 Å². The highest BCUT2D eigenvalue weighted by molar-refractivity contribution is 6.02. The Balaban J connectivity index is 1.67. The van der Waals surface area contributed by atoms with Gasteiger partial charge in [0.15, 0.2) is 5.43 Å². The second kappa shape index (κ2) is 7.17. The number of aromatic amines is 1. The number of nitrogens with zero attached hydrogens (tertiary/aromatic N) is 2. The molecule has 1 fully saturated rings. The minimum absolute atomic E-state index is 0.206. The van der Waals surface area contributed by atoms with Crippen LogP contribution in [0.5, 0.6) is 0 Å². The lowest BCUT2D eigenvalue weighted by Crippen LogP contribution is -2.35. The molecule has 2 aromatic rings. The van der Waals surface area contributed by atoms with Crippen molar-refractivity contribution in [3.63, 3.8) is 0 Å². The van der Waals surface area contributed by atoms with E-state index in [1.807, 2.05) is 12.1 Å². The summed E-state index contributed by atoms with van der Waals surface area (Å²) in [4.78, 5) is 32.9. The van der Waals surface area contributed by atoms with Crippen LogP contribution in [0.2, 0.25) is 0 Å². The number of amides is 1. The minimum atomic E-state index is -0.390. The van der Waals surface area contributed by atoms with Crippen molar-refractivity contribution >= 4 is 11.7 Å². The normalized spacial score (nSPS) is 15.3. The smallest absolute Gasteiger partial charge is 0.273 e. The van der Waals surface area contributed by atoms with Crippen LogP contribution in [0.4, 0.5) is 5.82 Å². The first-order valence-electron chi connectivity index (χ1n) is 7.47. The monoisotopic (exact) mass is 314 g/mol. The molecule has 0 aromatic carbocycles. The van der Waals surface area contributed by atoms with Crippen LogP contribution in [0.1, 0.15) is 16.2 Å². The molecule has 2 aromatic heterocycles. The van der Waals surface area contributed by atoms with Gasteiger partial charge in [0, 0.05) is 38.0 Å². The Kier molecular flexibility index (Phi) is 4.80. The number of hydrogen-bond acceptors (Lipinski definition) is 5. The second-order valence-corrected chi connectivity index (χ2v) is 5.29. The van der Waals surface area contributed by atoms with Crippen LogP contribution in [-0.2, 0) is 11.3 Å². The molecule has 0 radical (unpaired) electrons. The van der Waals surface area contributed by atoms with E-state index in [9.17, 15) is 9.59 Å². The average Bonchev–Trinajstić information content (AvgIpc) is 2.56. The zero-order chi connectivity index (χ0) is 16.1. The predicted molar refractivity (Wildman–Crippen MR) is 85.3 cm³/mol. The first-order chi connectivity index (χ1) is 11.2. The van der Waals surface area contributed by atoms with E-state index in [0.29, 0.717) is 5.82 Å². The molecule has 0 atom stereocenters. The van der Waals surface area contributed by atoms with Crippen molar-refractivity contribution in [2.24, 2.45) is 0 Å². The fourth-order valence-corrected chi connectivity index (χ4v) is 2.39. The Morgan fingerprint density at radius 1 is 1.30 bits per heavy atom. The molecule has 0 spiro atoms. The van der Waals surface area contributed by atoms with Crippen LogP contribution < -0.4 is 10.7 Å². The number of pyridine rings is 2. The van der Waals surface area contributed by atoms with E-state index in [2.05, 4.69) is 20.2 Å². The Morgan fingerprint density at radius 3 is 2.91 bits per heavy atom. The molecular formula is C16H18N4O3. The topological polar surface area (TPSA) is 87.3 Å². The maximum atomic E-state index is 12.1. The van der Waals surface area contributed by atoms with E-state index < -0.39 is 5.91 Å². The second-order valence-electron chi connectivity index (χ2n) is 5.29. The van der Waals surface area contributed by atoms with Gasteiger partial charge in [-0.15, -0.1) is 0 Å². The van der Waals surface area contributed by atoms with Crippen LogP contribution >= 0.6 is 0 Å². The number of aromatic nitrogens is 2. The number of morpholine rings is 1. The number of nitrogens with one attached hydrogen (secondary N) is 2. The molecule has 1 aliphatic heterocycles. The van der Waals surface area contributed by atoms with E-state index in [-0.39, 0.29) is 11.1 Å². The fraction of sp³-hybridized carbons (Fsp3) is 0.312. The Bertz CT molecular complexity index is 738. The number of rotatable bonds is 4. The molecular weight excluding hydrogens is 296 g/mol. The summed E-state index contributed by atoms with van der Waals surface area (Å²) in [6.45, 7) is 3.94. The number of hydrogen-bond donors (Lipinski definition) is 2. The molecule has 0 bridgehead atoms. The molecule has 3 heterocycles. The minimum Gasteiger partial charge on any atom is -0.379 e. The van der Waals surface area contributed by atoms with Gasteiger partial charge in [-0.2, -0.15) is 0 Å². The summed E-state index contributed by atoms with van der Waals surface area (Å²) in [7, 11) is 0. The van der Waals surface area contributed by atoms with E-state index in [0.717, 1.165) is 38.5 Å². The van der Waals surface area contributed by atoms with Crippen LogP contribution in [0.15, 0.2) is 41.3 Å². The molecule has 0 unspecified atom stereocenters. The molecule has 2 N–H and O–H groups in total. The average molecular weight is 314 g/mol. The zero-order valence-electron chi connectivity index (χ0n) is 12.6. The summed E-state index contributed by atoms with van der Waals surface area (Å²) in [6.07, 6.45) is 1.44. The number of H-pyrrole nitrogens is 1. The lowest BCUT2D eigenvalue weighted by molar-refractivity contribution is 0.0337. The number of ether oxygens (including phenoxy) is 1. The molecule has 1 saturated heterocycles. The van der Waals surface area contributed by atoms with Crippen molar-refractivity contribution in [1.29, 1.82) is 0 Å². The Hall–Kier alpha value is -2.51. The number of anilines is 1. The van der Waals surface area contributed by atoms with Gasteiger partial charge in [-0.05, 0) is 12.1 Å². The number of carbonyl (C=O) groups excluding carboxylic acids is 1. The van der Waals surface area contributed by atoms with E-state index in [1.54, 1.807) is 6.07 Å². The molecule has 3 rings (SSSR count). The third-order valence-corrected chi connectivity index (χ3v) is 3.56. The van der Waals surface area contributed by atoms with Gasteiger partial charge in [0.1, 0.15) is 11.5 Å². The predicted octanol–water partition coefficient (Wildman–Crippen LogP) is 0.854. The zero-order valence-corrected chi connectivity index (χ0v) is 12.6. The van der Waals surface area contributed by atoms with Crippen molar-refractivity contribution in [2.75, 3.05) is 31.6 Å². The van der Waals surface area contributed by atoms with E-state index in [4.69, 9.17) is 4.74 Å². The molecule has 120 valence electrons. The summed E-state index contributed by atoms with van der Waals surface area (Å²) in [5.41, 5.74) is 0.868. The number of carbonyl (C=O) groups is 1. The third kappa shape index (κ3) is 4.24. The van der Waals surface area contributed by atoms with Crippen LogP contribution in [0, 0.1) is 0 Å². The standard InChI is InChI=1S/C16H18N4O3/c21-13-4-5-17-14(10-13)16(22)19-15-3-1-2-12(18-15)11-20-6-8-23-9-7-20/h1-5,10H,6-9,11H2,(H,17,21)(H,18,19,22). The van der Waals surface area contributed by atoms with Crippen LogP contribution in [-0.4, -0.2) is 47.1 Å². The summed E-state index contributed by atoms with van der Waals surface area (Å²) in [5, 5.41) is 2.70. The van der Waals surface area contributed by atoms with Gasteiger partial charge in [-0.1, -0.05) is 6.07 Å². The summed E-state index contributed by atoms with van der Waals surface area (Å²) >= 11 is 0. The van der Waals surface area contributed by atoms with Crippen molar-refractivity contribution in [3.8, 4) is 0 Å². The lowest BCUT2D eigenvalue weighted by Gasteiger charge is -2.26. The van der Waals surface area contributed by atoms with Gasteiger partial charge >= 0.3 is 0 Å². The lowest BCUT2D eigenvalue weighted by atomic mass is 10.3. The Morgan fingerprint density at radius 2 is 2.13 bits per heavy atom. The van der Waals surface area contributed by atoms with Gasteiger partial charge in [0.25, 0.3) is 5.91 Å². The van der Waals surface area contributed by atoms with E-state index in [1.165, 1.54) is 18.3 Å². The molecule has 7 nitrogen and oxygen atoms in total. The van der Waals surface area contributed by atoms with Gasteiger partial charge < -0.3 is 15.0 Å². The molecule has 7 heteroatoms. The van der Waals surface area contributed by atoms with Crippen molar-refractivity contribution in [2.45, 2.75) is 6.54 Å². The third-order valence-electron chi connectivity index (χ3n) is 3.56. The molecule has 0 aliphatic carbocycles. The highest BCUT2D eigenvalue weighted by Gasteiger charge is 2.12. The first-order valence-corrected chi connectivity index (χ1v) is 7.47. The van der Waals surface area contributed by atoms with Gasteiger partial charge in [0.05, 0.1) is 18.9 Å². The summed E-state index contributed by atoms with van der Waals surface area (Å²) < 4.78 is 5.32. The van der Waals surface area contributed by atoms with Gasteiger partial charge in [-0.25, -0.2) is 4.98 Å². The van der Waals surface area contributed by atoms with Crippen LogP contribution in [0.25, 0.3) is 0 Å². The first kappa shape index (κ1) is 15.4. The maximum absolute atomic E-state index is 12.1. The Labute approximate surface area is 133 Å². The molecule has 1 aliphatic rings. The quantitative estimate of drug-likeness (QED) is 0.874. The highest BCUT2D eigenvalue weighted by atomic mass is 16.5. The highest BCUT2D eigenvalue weighted by Crippen LogP contribution is 2.09.